The molecular formula is C18H21N5O. The van der Waals surface area contributed by atoms with Gasteiger partial charge in [-0.15, -0.1) is 15.3 Å². The lowest BCUT2D eigenvalue weighted by Gasteiger charge is -2.23. The molecule has 0 spiro atoms. The molecule has 1 fully saturated rings. The fraction of sp³-hybridized carbons (Fsp3) is 0.389. The molecule has 0 atom stereocenters. The molecule has 4 rings (SSSR count). The van der Waals surface area contributed by atoms with Gasteiger partial charge >= 0.3 is 0 Å². The first kappa shape index (κ1) is 14.9. The van der Waals surface area contributed by atoms with Gasteiger partial charge in [0.1, 0.15) is 11.6 Å². The number of aromatic nitrogens is 4. The van der Waals surface area contributed by atoms with Gasteiger partial charge in [0, 0.05) is 12.5 Å². The van der Waals surface area contributed by atoms with Crippen LogP contribution in [-0.4, -0.2) is 31.0 Å². The van der Waals surface area contributed by atoms with Crippen molar-refractivity contribution in [1.82, 2.24) is 19.8 Å². The summed E-state index contributed by atoms with van der Waals surface area (Å²) >= 11 is 0. The highest BCUT2D eigenvalue weighted by molar-refractivity contribution is 5.45. The summed E-state index contributed by atoms with van der Waals surface area (Å²) < 4.78 is 1.80. The lowest BCUT2D eigenvalue weighted by atomic mass is 9.95. The predicted octanol–water partition coefficient (Wildman–Crippen LogP) is 3.17. The van der Waals surface area contributed by atoms with E-state index in [2.05, 4.69) is 20.6 Å². The third-order valence-corrected chi connectivity index (χ3v) is 4.58. The van der Waals surface area contributed by atoms with E-state index in [-0.39, 0.29) is 5.75 Å². The minimum Gasteiger partial charge on any atom is -0.508 e. The first-order chi connectivity index (χ1) is 11.8. The van der Waals surface area contributed by atoms with Crippen molar-refractivity contribution in [3.05, 3.63) is 47.8 Å². The molecule has 0 aliphatic heterocycles. The van der Waals surface area contributed by atoms with E-state index in [0.717, 1.165) is 22.9 Å². The fourth-order valence-corrected chi connectivity index (χ4v) is 3.27. The van der Waals surface area contributed by atoms with Crippen LogP contribution in [0.1, 0.15) is 43.5 Å². The topological polar surface area (TPSA) is 75.3 Å². The number of phenols is 1. The first-order valence-electron chi connectivity index (χ1n) is 8.54. The second-order valence-electron chi connectivity index (χ2n) is 6.43. The summed E-state index contributed by atoms with van der Waals surface area (Å²) in [6, 6.07) is 11.6. The largest absolute Gasteiger partial charge is 0.508 e. The third kappa shape index (κ3) is 3.18. The van der Waals surface area contributed by atoms with Gasteiger partial charge in [-0.1, -0.05) is 31.4 Å². The van der Waals surface area contributed by atoms with Crippen molar-refractivity contribution in [2.75, 3.05) is 5.32 Å². The summed E-state index contributed by atoms with van der Waals surface area (Å²) in [5, 5.41) is 26.1. The SMILES string of the molecule is Oc1ccc(Cc2nnc3ccc(NC4CCCCC4)nn23)cc1. The number of fused-ring (bicyclic) bond motifs is 1. The Kier molecular flexibility index (Phi) is 4.02. The van der Waals surface area contributed by atoms with E-state index in [0.29, 0.717) is 12.5 Å². The van der Waals surface area contributed by atoms with Gasteiger partial charge < -0.3 is 10.4 Å². The lowest BCUT2D eigenvalue weighted by molar-refractivity contribution is 0.461. The molecule has 1 aliphatic rings. The van der Waals surface area contributed by atoms with Crippen molar-refractivity contribution in [2.45, 2.75) is 44.6 Å². The Hall–Kier alpha value is -2.63. The van der Waals surface area contributed by atoms with E-state index in [1.54, 1.807) is 16.6 Å². The average molecular weight is 323 g/mol. The third-order valence-electron chi connectivity index (χ3n) is 4.58. The Bertz CT molecular complexity index is 821. The first-order valence-corrected chi connectivity index (χ1v) is 8.54. The van der Waals surface area contributed by atoms with Gasteiger partial charge in [-0.2, -0.15) is 4.52 Å². The molecule has 2 heterocycles. The molecular weight excluding hydrogens is 302 g/mol. The number of hydrogen-bond donors (Lipinski definition) is 2. The molecule has 1 aromatic carbocycles. The van der Waals surface area contributed by atoms with Crippen molar-refractivity contribution in [3.8, 4) is 5.75 Å². The summed E-state index contributed by atoms with van der Waals surface area (Å²) in [4.78, 5) is 0. The second-order valence-corrected chi connectivity index (χ2v) is 6.43. The number of hydrogen-bond acceptors (Lipinski definition) is 5. The zero-order chi connectivity index (χ0) is 16.4. The van der Waals surface area contributed by atoms with Crippen LogP contribution in [0.3, 0.4) is 0 Å². The zero-order valence-electron chi connectivity index (χ0n) is 13.5. The zero-order valence-corrected chi connectivity index (χ0v) is 13.5. The molecule has 24 heavy (non-hydrogen) atoms. The highest BCUT2D eigenvalue weighted by Crippen LogP contribution is 2.21. The number of benzene rings is 1. The minimum atomic E-state index is 0.266. The molecule has 1 saturated carbocycles. The highest BCUT2D eigenvalue weighted by Gasteiger charge is 2.14. The van der Waals surface area contributed by atoms with Crippen LogP contribution >= 0.6 is 0 Å². The predicted molar refractivity (Wildman–Crippen MR) is 92.2 cm³/mol. The Morgan fingerprint density at radius 3 is 2.58 bits per heavy atom. The van der Waals surface area contributed by atoms with E-state index < -0.39 is 0 Å². The maximum atomic E-state index is 9.39. The molecule has 124 valence electrons. The second kappa shape index (κ2) is 6.47. The molecule has 2 N–H and O–H groups in total. The van der Waals surface area contributed by atoms with E-state index in [1.807, 2.05) is 24.3 Å². The van der Waals surface area contributed by atoms with Crippen molar-refractivity contribution in [2.24, 2.45) is 0 Å². The maximum Gasteiger partial charge on any atom is 0.178 e. The molecule has 6 heteroatoms. The Labute approximate surface area is 140 Å². The summed E-state index contributed by atoms with van der Waals surface area (Å²) in [5.74, 6) is 1.94. The van der Waals surface area contributed by atoms with Gasteiger partial charge in [-0.25, -0.2) is 0 Å². The van der Waals surface area contributed by atoms with Crippen LogP contribution in [0, 0.1) is 0 Å². The summed E-state index contributed by atoms with van der Waals surface area (Å²) in [7, 11) is 0. The van der Waals surface area contributed by atoms with Gasteiger partial charge in [-0.05, 0) is 42.7 Å². The van der Waals surface area contributed by atoms with Gasteiger partial charge in [0.15, 0.2) is 11.5 Å². The maximum absolute atomic E-state index is 9.39. The van der Waals surface area contributed by atoms with Crippen molar-refractivity contribution in [3.63, 3.8) is 0 Å². The van der Waals surface area contributed by atoms with Crippen LogP contribution < -0.4 is 5.32 Å². The monoisotopic (exact) mass is 323 g/mol. The van der Waals surface area contributed by atoms with Crippen LogP contribution in [0.5, 0.6) is 5.75 Å². The number of rotatable bonds is 4. The highest BCUT2D eigenvalue weighted by atomic mass is 16.3. The van der Waals surface area contributed by atoms with E-state index >= 15 is 0 Å². The molecule has 3 aromatic rings. The summed E-state index contributed by atoms with van der Waals surface area (Å²) in [6.45, 7) is 0. The van der Waals surface area contributed by atoms with Crippen LogP contribution in [0.25, 0.3) is 5.65 Å². The molecule has 6 nitrogen and oxygen atoms in total. The Morgan fingerprint density at radius 2 is 1.79 bits per heavy atom. The van der Waals surface area contributed by atoms with Crippen LogP contribution in [0.2, 0.25) is 0 Å². The average Bonchev–Trinajstić information content (AvgIpc) is 3.00. The van der Waals surface area contributed by atoms with Gasteiger partial charge in [0.05, 0.1) is 0 Å². The molecule has 0 amide bonds. The fourth-order valence-electron chi connectivity index (χ4n) is 3.27. The normalized spacial score (nSPS) is 15.7. The number of aromatic hydroxyl groups is 1. The van der Waals surface area contributed by atoms with Crippen LogP contribution in [0.4, 0.5) is 5.82 Å². The van der Waals surface area contributed by atoms with Gasteiger partial charge in [0.25, 0.3) is 0 Å². The Balaban J connectivity index is 1.57. The quantitative estimate of drug-likeness (QED) is 0.771. The number of anilines is 1. The number of nitrogens with one attached hydrogen (secondary N) is 1. The van der Waals surface area contributed by atoms with E-state index in [1.165, 1.54) is 32.1 Å². The van der Waals surface area contributed by atoms with Crippen molar-refractivity contribution in [1.29, 1.82) is 0 Å². The number of nitrogens with zero attached hydrogens (tertiary/aromatic N) is 4. The minimum absolute atomic E-state index is 0.266. The van der Waals surface area contributed by atoms with Crippen LogP contribution in [0.15, 0.2) is 36.4 Å². The molecule has 2 aromatic heterocycles. The van der Waals surface area contributed by atoms with E-state index in [9.17, 15) is 5.11 Å². The standard InChI is InChI=1S/C18H21N5O/c24-15-8-6-13(7-9-15)12-18-21-20-17-11-10-16(22-23(17)18)19-14-4-2-1-3-5-14/h6-11,14,24H,1-5,12H2,(H,19,22). The molecule has 0 saturated heterocycles. The molecule has 0 radical (unpaired) electrons. The smallest absolute Gasteiger partial charge is 0.178 e. The molecule has 1 aliphatic carbocycles. The van der Waals surface area contributed by atoms with Gasteiger partial charge in [-0.3, -0.25) is 0 Å². The van der Waals surface area contributed by atoms with Crippen molar-refractivity contribution < 1.29 is 5.11 Å². The Morgan fingerprint density at radius 1 is 1.00 bits per heavy atom. The van der Waals surface area contributed by atoms with E-state index in [4.69, 9.17) is 0 Å². The number of phenolic OH excluding ortho intramolecular Hbond substituents is 1. The summed E-state index contributed by atoms with van der Waals surface area (Å²) in [5.41, 5.74) is 1.81. The molecule has 0 unspecified atom stereocenters. The van der Waals surface area contributed by atoms with Crippen LogP contribution in [-0.2, 0) is 6.42 Å². The summed E-state index contributed by atoms with van der Waals surface area (Å²) in [6.07, 6.45) is 6.97. The lowest BCUT2D eigenvalue weighted by Crippen LogP contribution is -2.23. The van der Waals surface area contributed by atoms with Crippen molar-refractivity contribution >= 4 is 11.5 Å². The molecule has 0 bridgehead atoms. The van der Waals surface area contributed by atoms with Gasteiger partial charge in [0.2, 0.25) is 0 Å².